The van der Waals surface area contributed by atoms with E-state index in [2.05, 4.69) is 22.0 Å². The number of H-pyrrole nitrogens is 1. The van der Waals surface area contributed by atoms with Crippen molar-refractivity contribution in [3.05, 3.63) is 40.6 Å². The van der Waals surface area contributed by atoms with Crippen LogP contribution >= 0.6 is 11.6 Å². The van der Waals surface area contributed by atoms with Crippen LogP contribution in [-0.2, 0) is 6.42 Å². The van der Waals surface area contributed by atoms with Gasteiger partial charge in [-0.3, -0.25) is 0 Å². The molecule has 2 aliphatic rings. The maximum atomic E-state index is 6.07. The van der Waals surface area contributed by atoms with Crippen molar-refractivity contribution in [2.45, 2.75) is 19.3 Å². The molecule has 92 valence electrons. The molecule has 3 heteroatoms. The van der Waals surface area contributed by atoms with Gasteiger partial charge < -0.3 is 9.88 Å². The summed E-state index contributed by atoms with van der Waals surface area (Å²) < 4.78 is 0. The number of nitrogens with one attached hydrogen (secondary N) is 1. The molecule has 0 saturated heterocycles. The lowest BCUT2D eigenvalue weighted by Crippen LogP contribution is -2.32. The number of allylic oxidation sites excluding steroid dienone is 1. The largest absolute Gasteiger partial charge is 0.370 e. The summed E-state index contributed by atoms with van der Waals surface area (Å²) in [5, 5.41) is 2.14. The van der Waals surface area contributed by atoms with Crippen LogP contribution in [0.4, 0.5) is 0 Å². The van der Waals surface area contributed by atoms with E-state index in [4.69, 9.17) is 11.6 Å². The second-order valence-corrected chi connectivity index (χ2v) is 5.57. The molecule has 0 radical (unpaired) electrons. The van der Waals surface area contributed by atoms with Gasteiger partial charge in [0.25, 0.3) is 0 Å². The molecule has 0 atom stereocenters. The maximum Gasteiger partial charge on any atom is 0.0658 e. The van der Waals surface area contributed by atoms with Crippen molar-refractivity contribution in [1.82, 2.24) is 9.88 Å². The van der Waals surface area contributed by atoms with Crippen LogP contribution in [0.25, 0.3) is 16.6 Å². The van der Waals surface area contributed by atoms with Crippen LogP contribution in [0.1, 0.15) is 24.1 Å². The summed E-state index contributed by atoms with van der Waals surface area (Å²) in [6.45, 7) is 2.34. The predicted molar refractivity (Wildman–Crippen MR) is 75.8 cm³/mol. The Kier molecular flexibility index (Phi) is 2.21. The fourth-order valence-corrected chi connectivity index (χ4v) is 3.39. The average molecular weight is 259 g/mol. The molecule has 1 N–H and O–H groups in total. The molecule has 0 unspecified atom stereocenters. The van der Waals surface area contributed by atoms with Gasteiger partial charge in [0, 0.05) is 29.0 Å². The van der Waals surface area contributed by atoms with Crippen LogP contribution in [0.3, 0.4) is 0 Å². The molecule has 1 aromatic carbocycles. The van der Waals surface area contributed by atoms with E-state index in [0.29, 0.717) is 0 Å². The first-order valence-corrected chi connectivity index (χ1v) is 6.96. The zero-order chi connectivity index (χ0) is 12.1. The maximum absolute atomic E-state index is 6.07. The highest BCUT2D eigenvalue weighted by atomic mass is 35.5. The molecule has 4 rings (SSSR count). The Balaban J connectivity index is 1.97. The lowest BCUT2D eigenvalue weighted by Gasteiger charge is -2.34. The van der Waals surface area contributed by atoms with Gasteiger partial charge in [0.05, 0.1) is 11.4 Å². The fraction of sp³-hybridized carbons (Fsp3) is 0.333. The number of hydrogen-bond donors (Lipinski definition) is 1. The Morgan fingerprint density at radius 2 is 2.17 bits per heavy atom. The highest BCUT2D eigenvalue weighted by molar-refractivity contribution is 6.31. The van der Waals surface area contributed by atoms with Gasteiger partial charge in [-0.25, -0.2) is 0 Å². The second-order valence-electron chi connectivity index (χ2n) is 5.14. The molecular weight excluding hydrogens is 244 g/mol. The Morgan fingerprint density at radius 1 is 1.22 bits per heavy atom. The average Bonchev–Trinajstić information content (AvgIpc) is 2.76. The van der Waals surface area contributed by atoms with Crippen molar-refractivity contribution in [3.8, 4) is 0 Å². The second kappa shape index (κ2) is 3.79. The van der Waals surface area contributed by atoms with E-state index in [-0.39, 0.29) is 0 Å². The SMILES string of the molecule is Clc1ccc2c3c([nH]c2c1)C1=CCCCN1CC3. The third-order valence-electron chi connectivity index (χ3n) is 4.07. The van der Waals surface area contributed by atoms with Gasteiger partial charge in [-0.2, -0.15) is 0 Å². The zero-order valence-corrected chi connectivity index (χ0v) is 10.9. The number of aromatic nitrogens is 1. The van der Waals surface area contributed by atoms with Gasteiger partial charge in [-0.15, -0.1) is 0 Å². The number of rotatable bonds is 0. The van der Waals surface area contributed by atoms with Crippen LogP contribution in [0.5, 0.6) is 0 Å². The highest BCUT2D eigenvalue weighted by Gasteiger charge is 2.25. The molecule has 2 aromatic rings. The first-order valence-electron chi connectivity index (χ1n) is 6.58. The minimum absolute atomic E-state index is 0.801. The van der Waals surface area contributed by atoms with E-state index in [1.165, 1.54) is 47.2 Å². The molecule has 2 aliphatic heterocycles. The number of aromatic amines is 1. The van der Waals surface area contributed by atoms with Gasteiger partial charge in [-0.1, -0.05) is 23.7 Å². The van der Waals surface area contributed by atoms with Gasteiger partial charge in [0.2, 0.25) is 0 Å². The van der Waals surface area contributed by atoms with Crippen molar-refractivity contribution in [2.75, 3.05) is 13.1 Å². The summed E-state index contributed by atoms with van der Waals surface area (Å²) in [5.41, 5.74) is 5.35. The molecule has 0 fully saturated rings. The Morgan fingerprint density at radius 3 is 3.11 bits per heavy atom. The van der Waals surface area contributed by atoms with Gasteiger partial charge in [-0.05, 0) is 37.0 Å². The summed E-state index contributed by atoms with van der Waals surface area (Å²) in [7, 11) is 0. The van der Waals surface area contributed by atoms with E-state index in [1.54, 1.807) is 0 Å². The number of fused-ring (bicyclic) bond motifs is 5. The number of benzene rings is 1. The predicted octanol–water partition coefficient (Wildman–Crippen LogP) is 3.81. The van der Waals surface area contributed by atoms with E-state index in [0.717, 1.165) is 18.0 Å². The van der Waals surface area contributed by atoms with Crippen molar-refractivity contribution in [3.63, 3.8) is 0 Å². The van der Waals surface area contributed by atoms with E-state index < -0.39 is 0 Å². The van der Waals surface area contributed by atoms with Crippen LogP contribution in [0.2, 0.25) is 5.02 Å². The summed E-state index contributed by atoms with van der Waals surface area (Å²) >= 11 is 6.07. The van der Waals surface area contributed by atoms with Crippen molar-refractivity contribution in [2.24, 2.45) is 0 Å². The zero-order valence-electron chi connectivity index (χ0n) is 10.2. The first-order chi connectivity index (χ1) is 8.83. The van der Waals surface area contributed by atoms with Crippen LogP contribution in [-0.4, -0.2) is 23.0 Å². The Bertz CT molecular complexity index is 654. The van der Waals surface area contributed by atoms with Gasteiger partial charge >= 0.3 is 0 Å². The molecular formula is C15H15ClN2. The smallest absolute Gasteiger partial charge is 0.0658 e. The number of hydrogen-bond acceptors (Lipinski definition) is 1. The quantitative estimate of drug-likeness (QED) is 0.761. The lowest BCUT2D eigenvalue weighted by atomic mass is 9.98. The number of nitrogens with zero attached hydrogens (tertiary/aromatic N) is 1. The molecule has 0 aliphatic carbocycles. The molecule has 0 amide bonds. The van der Waals surface area contributed by atoms with Crippen LogP contribution in [0, 0.1) is 0 Å². The third kappa shape index (κ3) is 1.42. The Labute approximate surface area is 111 Å². The summed E-state index contributed by atoms with van der Waals surface area (Å²) in [6.07, 6.45) is 5.99. The molecule has 1 aromatic heterocycles. The first kappa shape index (κ1) is 10.5. The monoisotopic (exact) mass is 258 g/mol. The van der Waals surface area contributed by atoms with Crippen molar-refractivity contribution < 1.29 is 0 Å². The summed E-state index contributed by atoms with van der Waals surface area (Å²) in [6, 6.07) is 6.16. The molecule has 3 heterocycles. The molecule has 0 spiro atoms. The standard InChI is InChI=1S/C15H15ClN2/c16-10-4-5-11-12-6-8-18-7-2-1-3-14(18)15(12)17-13(11)9-10/h3-5,9,17H,1-2,6-8H2. The van der Waals surface area contributed by atoms with E-state index in [9.17, 15) is 0 Å². The molecule has 18 heavy (non-hydrogen) atoms. The minimum Gasteiger partial charge on any atom is -0.370 e. The third-order valence-corrected chi connectivity index (χ3v) is 4.30. The lowest BCUT2D eigenvalue weighted by molar-refractivity contribution is 0.369. The highest BCUT2D eigenvalue weighted by Crippen LogP contribution is 2.36. The summed E-state index contributed by atoms with van der Waals surface area (Å²) in [4.78, 5) is 6.06. The van der Waals surface area contributed by atoms with Crippen molar-refractivity contribution in [1.29, 1.82) is 0 Å². The molecule has 0 saturated carbocycles. The minimum atomic E-state index is 0.801. The fourth-order valence-electron chi connectivity index (χ4n) is 3.22. The van der Waals surface area contributed by atoms with Gasteiger partial charge in [0.1, 0.15) is 0 Å². The summed E-state index contributed by atoms with van der Waals surface area (Å²) in [5.74, 6) is 0. The topological polar surface area (TPSA) is 19.0 Å². The van der Waals surface area contributed by atoms with Crippen molar-refractivity contribution >= 4 is 28.2 Å². The van der Waals surface area contributed by atoms with Gasteiger partial charge in [0.15, 0.2) is 0 Å². The Hall–Kier alpha value is -1.41. The normalized spacial score (nSPS) is 18.5. The van der Waals surface area contributed by atoms with E-state index >= 15 is 0 Å². The van der Waals surface area contributed by atoms with E-state index in [1.807, 2.05) is 12.1 Å². The van der Waals surface area contributed by atoms with Crippen LogP contribution in [0.15, 0.2) is 24.3 Å². The van der Waals surface area contributed by atoms with Crippen LogP contribution < -0.4 is 0 Å². The molecule has 0 bridgehead atoms. The number of halogens is 1. The molecule has 2 nitrogen and oxygen atoms in total.